The standard InChI is InChI=1S/C20H21N3O2S/c1-14-3-2-8-23-13-16(21-18(14)23)19(24)22-9-6-20(7-10-22)17-15(4-11-25-20)5-12-26-17/h2-3,5,8,12-13H,4,6-7,9-11H2,1H3. The maximum absolute atomic E-state index is 13.0. The Labute approximate surface area is 156 Å². The third-order valence-electron chi connectivity index (χ3n) is 5.67. The molecule has 0 aromatic carbocycles. The molecule has 0 saturated carbocycles. The van der Waals surface area contributed by atoms with Gasteiger partial charge in [-0.05, 0) is 54.8 Å². The van der Waals surface area contributed by atoms with Crippen molar-refractivity contribution in [2.24, 2.45) is 0 Å². The van der Waals surface area contributed by atoms with Gasteiger partial charge in [0.2, 0.25) is 0 Å². The second kappa shape index (κ2) is 5.93. The van der Waals surface area contributed by atoms with E-state index in [0.717, 1.165) is 37.1 Å². The fourth-order valence-electron chi connectivity index (χ4n) is 4.22. The highest BCUT2D eigenvalue weighted by molar-refractivity contribution is 7.10. The highest BCUT2D eigenvalue weighted by Crippen LogP contribution is 2.44. The summed E-state index contributed by atoms with van der Waals surface area (Å²) in [6, 6.07) is 6.21. The molecule has 1 spiro atoms. The van der Waals surface area contributed by atoms with E-state index in [2.05, 4.69) is 16.4 Å². The molecule has 0 aliphatic carbocycles. The molecule has 0 bridgehead atoms. The maximum Gasteiger partial charge on any atom is 0.274 e. The molecule has 1 amide bonds. The van der Waals surface area contributed by atoms with Gasteiger partial charge < -0.3 is 14.0 Å². The number of piperidine rings is 1. The minimum absolute atomic E-state index is 0.0187. The smallest absolute Gasteiger partial charge is 0.274 e. The summed E-state index contributed by atoms with van der Waals surface area (Å²) in [6.07, 6.45) is 6.50. The number of aromatic nitrogens is 2. The summed E-state index contributed by atoms with van der Waals surface area (Å²) in [5.74, 6) is 0.0187. The summed E-state index contributed by atoms with van der Waals surface area (Å²) in [5.41, 5.74) is 3.69. The first-order valence-electron chi connectivity index (χ1n) is 9.11. The van der Waals surface area contributed by atoms with Gasteiger partial charge in [-0.2, -0.15) is 0 Å². The lowest BCUT2D eigenvalue weighted by Gasteiger charge is -2.43. The number of imidazole rings is 1. The first-order valence-corrected chi connectivity index (χ1v) is 9.99. The lowest BCUT2D eigenvalue weighted by atomic mass is 9.85. The molecular formula is C20H21N3O2S. The zero-order chi connectivity index (χ0) is 17.7. The van der Waals surface area contributed by atoms with Crippen molar-refractivity contribution in [3.63, 3.8) is 0 Å². The Balaban J connectivity index is 1.37. The van der Waals surface area contributed by atoms with Gasteiger partial charge in [0.05, 0.1) is 6.61 Å². The predicted octanol–water partition coefficient (Wildman–Crippen LogP) is 3.41. The SMILES string of the molecule is Cc1cccn2cc(C(=O)N3CCC4(CC3)OCCc3ccsc34)nc12. The highest BCUT2D eigenvalue weighted by atomic mass is 32.1. The van der Waals surface area contributed by atoms with Gasteiger partial charge in [0.1, 0.15) is 16.9 Å². The Morgan fingerprint density at radius 3 is 2.96 bits per heavy atom. The zero-order valence-corrected chi connectivity index (χ0v) is 15.6. The van der Waals surface area contributed by atoms with E-state index in [4.69, 9.17) is 4.74 Å². The predicted molar refractivity (Wildman–Crippen MR) is 101 cm³/mol. The summed E-state index contributed by atoms with van der Waals surface area (Å²) in [6.45, 7) is 4.22. The second-order valence-corrected chi connectivity index (χ2v) is 8.12. The van der Waals surface area contributed by atoms with Crippen LogP contribution < -0.4 is 0 Å². The Kier molecular flexibility index (Phi) is 3.65. The van der Waals surface area contributed by atoms with Crippen molar-refractivity contribution in [1.29, 1.82) is 0 Å². The van der Waals surface area contributed by atoms with Crippen LogP contribution in [0.15, 0.2) is 36.0 Å². The fourth-order valence-corrected chi connectivity index (χ4v) is 5.38. The number of carbonyl (C=O) groups excluding carboxylic acids is 1. The Hall–Kier alpha value is -2.18. The molecule has 1 saturated heterocycles. The number of likely N-dealkylation sites (tertiary alicyclic amines) is 1. The third-order valence-corrected chi connectivity index (χ3v) is 6.81. The number of rotatable bonds is 1. The summed E-state index contributed by atoms with van der Waals surface area (Å²) < 4.78 is 8.17. The molecule has 0 N–H and O–H groups in total. The van der Waals surface area contributed by atoms with Crippen LogP contribution in [0.2, 0.25) is 0 Å². The van der Waals surface area contributed by atoms with Gasteiger partial charge >= 0.3 is 0 Å². The molecule has 3 aromatic rings. The van der Waals surface area contributed by atoms with Gasteiger partial charge in [0.15, 0.2) is 0 Å². The molecule has 0 unspecified atom stereocenters. The van der Waals surface area contributed by atoms with E-state index in [1.807, 2.05) is 40.8 Å². The third kappa shape index (κ3) is 2.40. The fraction of sp³-hybridized carbons (Fsp3) is 0.400. The summed E-state index contributed by atoms with van der Waals surface area (Å²) in [4.78, 5) is 20.8. The molecule has 5 nitrogen and oxygen atoms in total. The molecule has 2 aliphatic rings. The molecule has 5 rings (SSSR count). The minimum atomic E-state index is -0.186. The Morgan fingerprint density at radius 1 is 1.31 bits per heavy atom. The number of hydrogen-bond acceptors (Lipinski definition) is 4. The molecule has 6 heteroatoms. The molecule has 26 heavy (non-hydrogen) atoms. The maximum atomic E-state index is 13.0. The van der Waals surface area contributed by atoms with Crippen molar-refractivity contribution in [3.05, 3.63) is 57.7 Å². The zero-order valence-electron chi connectivity index (χ0n) is 14.8. The average Bonchev–Trinajstić information content (AvgIpc) is 3.30. The number of amides is 1. The van der Waals surface area contributed by atoms with E-state index in [9.17, 15) is 4.79 Å². The van der Waals surface area contributed by atoms with Crippen LogP contribution in [0.3, 0.4) is 0 Å². The van der Waals surface area contributed by atoms with Gasteiger partial charge in [-0.15, -0.1) is 11.3 Å². The molecule has 3 aromatic heterocycles. The van der Waals surface area contributed by atoms with Crippen LogP contribution in [0.5, 0.6) is 0 Å². The molecule has 5 heterocycles. The monoisotopic (exact) mass is 367 g/mol. The molecule has 2 aliphatic heterocycles. The van der Waals surface area contributed by atoms with Crippen LogP contribution in [0, 0.1) is 6.92 Å². The normalized spacial score (nSPS) is 19.0. The number of aryl methyl sites for hydroxylation is 1. The van der Waals surface area contributed by atoms with Crippen LogP contribution in [0.25, 0.3) is 5.65 Å². The van der Waals surface area contributed by atoms with Crippen molar-refractivity contribution in [1.82, 2.24) is 14.3 Å². The number of fused-ring (bicyclic) bond motifs is 3. The van der Waals surface area contributed by atoms with Gasteiger partial charge in [0.25, 0.3) is 5.91 Å². The highest BCUT2D eigenvalue weighted by Gasteiger charge is 2.42. The van der Waals surface area contributed by atoms with Crippen molar-refractivity contribution >= 4 is 22.9 Å². The van der Waals surface area contributed by atoms with Crippen molar-refractivity contribution in [3.8, 4) is 0 Å². The lowest BCUT2D eigenvalue weighted by Crippen LogP contribution is -2.48. The van der Waals surface area contributed by atoms with Crippen LogP contribution in [-0.2, 0) is 16.8 Å². The average molecular weight is 367 g/mol. The van der Waals surface area contributed by atoms with Gasteiger partial charge in [-0.25, -0.2) is 4.98 Å². The van der Waals surface area contributed by atoms with E-state index in [0.29, 0.717) is 18.8 Å². The van der Waals surface area contributed by atoms with Gasteiger partial charge in [-0.1, -0.05) is 6.07 Å². The quantitative estimate of drug-likeness (QED) is 0.662. The Morgan fingerprint density at radius 2 is 2.15 bits per heavy atom. The Bertz CT molecular complexity index is 982. The summed E-state index contributed by atoms with van der Waals surface area (Å²) >= 11 is 1.80. The van der Waals surface area contributed by atoms with Gasteiger partial charge in [-0.3, -0.25) is 4.79 Å². The number of carbonyl (C=O) groups is 1. The molecule has 134 valence electrons. The number of nitrogens with zero attached hydrogens (tertiary/aromatic N) is 3. The van der Waals surface area contributed by atoms with Crippen LogP contribution in [0.4, 0.5) is 0 Å². The molecule has 1 fully saturated rings. The topological polar surface area (TPSA) is 46.8 Å². The summed E-state index contributed by atoms with van der Waals surface area (Å²) in [7, 11) is 0. The molecule has 0 radical (unpaired) electrons. The van der Waals surface area contributed by atoms with Crippen molar-refractivity contribution in [2.45, 2.75) is 31.8 Å². The summed E-state index contributed by atoms with van der Waals surface area (Å²) in [5, 5.41) is 2.16. The van der Waals surface area contributed by atoms with Crippen molar-refractivity contribution < 1.29 is 9.53 Å². The van der Waals surface area contributed by atoms with E-state index >= 15 is 0 Å². The number of hydrogen-bond donors (Lipinski definition) is 0. The van der Waals surface area contributed by atoms with E-state index in [1.165, 1.54) is 10.4 Å². The largest absolute Gasteiger partial charge is 0.369 e. The number of ether oxygens (including phenoxy) is 1. The van der Waals surface area contributed by atoms with Crippen LogP contribution in [-0.4, -0.2) is 39.9 Å². The van der Waals surface area contributed by atoms with Crippen LogP contribution in [0.1, 0.15) is 39.3 Å². The van der Waals surface area contributed by atoms with Crippen molar-refractivity contribution in [2.75, 3.05) is 19.7 Å². The van der Waals surface area contributed by atoms with Crippen LogP contribution >= 0.6 is 11.3 Å². The first-order chi connectivity index (χ1) is 12.7. The van der Waals surface area contributed by atoms with E-state index < -0.39 is 0 Å². The van der Waals surface area contributed by atoms with Gasteiger partial charge in [0, 0.05) is 30.4 Å². The minimum Gasteiger partial charge on any atom is -0.369 e. The van der Waals surface area contributed by atoms with E-state index in [-0.39, 0.29) is 11.5 Å². The first kappa shape index (κ1) is 16.0. The molecular weight excluding hydrogens is 346 g/mol. The number of thiophene rings is 1. The molecule has 0 atom stereocenters. The van der Waals surface area contributed by atoms with E-state index in [1.54, 1.807) is 11.3 Å². The second-order valence-electron chi connectivity index (χ2n) is 7.21. The number of pyridine rings is 1. The lowest BCUT2D eigenvalue weighted by molar-refractivity contribution is -0.0906.